The van der Waals surface area contributed by atoms with Gasteiger partial charge in [0.05, 0.1) is 5.56 Å². The van der Waals surface area contributed by atoms with Crippen molar-refractivity contribution in [2.75, 3.05) is 0 Å². The van der Waals surface area contributed by atoms with E-state index < -0.39 is 11.7 Å². The highest BCUT2D eigenvalue weighted by Crippen LogP contribution is 2.38. The van der Waals surface area contributed by atoms with E-state index in [1.807, 2.05) is 12.1 Å². The summed E-state index contributed by atoms with van der Waals surface area (Å²) >= 11 is 0. The molecule has 0 N–H and O–H groups in total. The Morgan fingerprint density at radius 1 is 0.862 bits per heavy atom. The first-order chi connectivity index (χ1) is 14.0. The van der Waals surface area contributed by atoms with Gasteiger partial charge in [0.25, 0.3) is 0 Å². The molecule has 1 fully saturated rings. The molecule has 0 aliphatic heterocycles. The lowest BCUT2D eigenvalue weighted by Gasteiger charge is -2.29. The van der Waals surface area contributed by atoms with Crippen LogP contribution in [0, 0.1) is 5.92 Å². The van der Waals surface area contributed by atoms with E-state index in [0.29, 0.717) is 5.92 Å². The highest BCUT2D eigenvalue weighted by Gasteiger charge is 2.29. The van der Waals surface area contributed by atoms with E-state index in [2.05, 4.69) is 19.1 Å². The fraction of sp³-hybridized carbons (Fsp3) is 0.520. The van der Waals surface area contributed by atoms with Crippen molar-refractivity contribution >= 4 is 0 Å². The van der Waals surface area contributed by atoms with E-state index in [1.165, 1.54) is 69.1 Å². The van der Waals surface area contributed by atoms with Crippen LogP contribution in [0.25, 0.3) is 0 Å². The lowest BCUT2D eigenvalue weighted by molar-refractivity contribution is -0.137. The molecule has 0 spiro atoms. The molecule has 0 aromatic heterocycles. The summed E-state index contributed by atoms with van der Waals surface area (Å²) in [6.45, 7) is 2.52. The summed E-state index contributed by atoms with van der Waals surface area (Å²) in [5.74, 6) is 2.30. The third-order valence-corrected chi connectivity index (χ3v) is 6.10. The van der Waals surface area contributed by atoms with Crippen molar-refractivity contribution in [3.8, 4) is 5.75 Å². The molecule has 0 radical (unpaired) electrons. The van der Waals surface area contributed by atoms with Crippen LogP contribution in [-0.2, 0) is 12.8 Å². The Bertz CT molecular complexity index is 726. The van der Waals surface area contributed by atoms with E-state index in [1.54, 1.807) is 0 Å². The zero-order valence-electron chi connectivity index (χ0n) is 17.2. The summed E-state index contributed by atoms with van der Waals surface area (Å²) in [7, 11) is 0. The molecule has 4 heteroatoms. The number of rotatable bonds is 8. The zero-order valence-corrected chi connectivity index (χ0v) is 17.2. The minimum Gasteiger partial charge on any atom is -0.489 e. The van der Waals surface area contributed by atoms with E-state index in [0.717, 1.165) is 29.4 Å². The lowest BCUT2D eigenvalue weighted by atomic mass is 9.77. The second-order valence-corrected chi connectivity index (χ2v) is 8.27. The minimum absolute atomic E-state index is 0.264. The van der Waals surface area contributed by atoms with Gasteiger partial charge < -0.3 is 4.74 Å². The molecule has 2 aromatic carbocycles. The van der Waals surface area contributed by atoms with E-state index >= 15 is 0 Å². The normalized spacial score (nSPS) is 19.9. The lowest BCUT2D eigenvalue weighted by Crippen LogP contribution is -2.13. The van der Waals surface area contributed by atoms with Crippen LogP contribution in [0.2, 0.25) is 0 Å². The predicted molar refractivity (Wildman–Crippen MR) is 111 cm³/mol. The number of alkyl halides is 3. The van der Waals surface area contributed by atoms with Crippen LogP contribution in [0.3, 0.4) is 0 Å². The Kier molecular flexibility index (Phi) is 7.63. The van der Waals surface area contributed by atoms with E-state index in [9.17, 15) is 13.2 Å². The van der Waals surface area contributed by atoms with Gasteiger partial charge in [0.1, 0.15) is 12.4 Å². The predicted octanol–water partition coefficient (Wildman–Crippen LogP) is 8.14. The van der Waals surface area contributed by atoms with Gasteiger partial charge in [-0.2, -0.15) is 13.2 Å². The maximum atomic E-state index is 12.6. The molecular formula is C25H31F3O. The van der Waals surface area contributed by atoms with Crippen molar-refractivity contribution in [2.24, 2.45) is 5.92 Å². The summed E-state index contributed by atoms with van der Waals surface area (Å²) in [6.07, 6.45) is 6.31. The third kappa shape index (κ3) is 6.52. The van der Waals surface area contributed by atoms with Gasteiger partial charge in [0.15, 0.2) is 0 Å². The highest BCUT2D eigenvalue weighted by molar-refractivity contribution is 5.30. The van der Waals surface area contributed by atoms with Crippen LogP contribution in [-0.4, -0.2) is 0 Å². The quantitative estimate of drug-likeness (QED) is 0.403. The van der Waals surface area contributed by atoms with Crippen molar-refractivity contribution in [3.05, 3.63) is 65.2 Å². The van der Waals surface area contributed by atoms with Gasteiger partial charge in [-0.25, -0.2) is 0 Å². The number of hydrogen-bond donors (Lipinski definition) is 0. The first-order valence-corrected chi connectivity index (χ1v) is 10.8. The van der Waals surface area contributed by atoms with Crippen LogP contribution >= 0.6 is 0 Å². The molecule has 0 saturated heterocycles. The topological polar surface area (TPSA) is 9.23 Å². The summed E-state index contributed by atoms with van der Waals surface area (Å²) in [5.41, 5.74) is 1.47. The second-order valence-electron chi connectivity index (χ2n) is 8.27. The zero-order chi connectivity index (χ0) is 20.7. The van der Waals surface area contributed by atoms with Gasteiger partial charge in [-0.15, -0.1) is 0 Å². The van der Waals surface area contributed by atoms with Crippen LogP contribution in [0.1, 0.15) is 80.9 Å². The molecule has 1 nitrogen and oxygen atoms in total. The molecule has 1 aliphatic rings. The van der Waals surface area contributed by atoms with Gasteiger partial charge in [0.2, 0.25) is 0 Å². The summed E-state index contributed by atoms with van der Waals surface area (Å²) < 4.78 is 43.6. The summed E-state index contributed by atoms with van der Waals surface area (Å²) in [6, 6.07) is 13.4. The number of benzene rings is 2. The average Bonchev–Trinajstić information content (AvgIpc) is 2.73. The maximum Gasteiger partial charge on any atom is 0.416 e. The first kappa shape index (κ1) is 21.7. The summed E-state index contributed by atoms with van der Waals surface area (Å²) in [5, 5.41) is 0. The summed E-state index contributed by atoms with van der Waals surface area (Å²) in [4.78, 5) is 0. The van der Waals surface area contributed by atoms with E-state index in [-0.39, 0.29) is 6.61 Å². The average molecular weight is 405 g/mol. The highest BCUT2D eigenvalue weighted by atomic mass is 19.4. The Balaban J connectivity index is 1.46. The molecule has 0 atom stereocenters. The van der Waals surface area contributed by atoms with Crippen LogP contribution in [0.15, 0.2) is 48.5 Å². The molecule has 0 bridgehead atoms. The Morgan fingerprint density at radius 3 is 2.10 bits per heavy atom. The van der Waals surface area contributed by atoms with Crippen LogP contribution < -0.4 is 4.74 Å². The molecular weight excluding hydrogens is 373 g/mol. The molecule has 158 valence electrons. The van der Waals surface area contributed by atoms with Crippen molar-refractivity contribution in [2.45, 2.75) is 77.0 Å². The van der Waals surface area contributed by atoms with Crippen molar-refractivity contribution < 1.29 is 17.9 Å². The fourth-order valence-corrected chi connectivity index (χ4v) is 4.26. The van der Waals surface area contributed by atoms with Crippen molar-refractivity contribution in [3.63, 3.8) is 0 Å². The van der Waals surface area contributed by atoms with Crippen LogP contribution in [0.5, 0.6) is 5.75 Å². The monoisotopic (exact) mass is 404 g/mol. The molecule has 0 amide bonds. The fourth-order valence-electron chi connectivity index (χ4n) is 4.26. The molecule has 0 heterocycles. The molecule has 1 aliphatic carbocycles. The number of unbranched alkanes of at least 4 members (excludes halogenated alkanes) is 2. The Labute approximate surface area is 172 Å². The van der Waals surface area contributed by atoms with Crippen LogP contribution in [0.4, 0.5) is 13.2 Å². The SMILES string of the molecule is CCCCC[C@H]1CC[C@H](c2ccc(OCc3ccc(C(F)(F)F)cc3)cc2)CC1. The maximum absolute atomic E-state index is 12.6. The molecule has 0 unspecified atom stereocenters. The Hall–Kier alpha value is -1.97. The molecule has 1 saturated carbocycles. The molecule has 2 aromatic rings. The third-order valence-electron chi connectivity index (χ3n) is 6.10. The Morgan fingerprint density at radius 2 is 1.52 bits per heavy atom. The van der Waals surface area contributed by atoms with Gasteiger partial charge in [-0.05, 0) is 72.9 Å². The van der Waals surface area contributed by atoms with Gasteiger partial charge in [0, 0.05) is 0 Å². The molecule has 3 rings (SSSR count). The molecule has 29 heavy (non-hydrogen) atoms. The smallest absolute Gasteiger partial charge is 0.416 e. The van der Waals surface area contributed by atoms with Crippen molar-refractivity contribution in [1.82, 2.24) is 0 Å². The van der Waals surface area contributed by atoms with Crippen molar-refractivity contribution in [1.29, 1.82) is 0 Å². The first-order valence-electron chi connectivity index (χ1n) is 10.8. The minimum atomic E-state index is -4.30. The van der Waals surface area contributed by atoms with Gasteiger partial charge in [-0.3, -0.25) is 0 Å². The largest absolute Gasteiger partial charge is 0.489 e. The number of hydrogen-bond acceptors (Lipinski definition) is 1. The standard InChI is InChI=1S/C25H31F3O/c1-2-3-4-5-19-6-10-21(11-7-19)22-12-16-24(17-13-22)29-18-20-8-14-23(15-9-20)25(26,27)28/h8-9,12-17,19,21H,2-7,10-11,18H2,1H3/t19-,21-. The number of ether oxygens (including phenoxy) is 1. The van der Waals surface area contributed by atoms with Gasteiger partial charge >= 0.3 is 6.18 Å². The number of halogens is 3. The van der Waals surface area contributed by atoms with E-state index in [4.69, 9.17) is 4.74 Å². The van der Waals surface area contributed by atoms with Gasteiger partial charge in [-0.1, -0.05) is 56.9 Å². The second kappa shape index (κ2) is 10.2.